The van der Waals surface area contributed by atoms with Crippen LogP contribution in [0.4, 0.5) is 34.1 Å². The van der Waals surface area contributed by atoms with Crippen LogP contribution in [0.15, 0.2) is 18.3 Å². The number of nitrogens with one attached hydrogen (secondary N) is 3. The van der Waals surface area contributed by atoms with Crippen molar-refractivity contribution in [3.8, 4) is 0 Å². The van der Waals surface area contributed by atoms with E-state index in [0.717, 1.165) is 12.8 Å². The van der Waals surface area contributed by atoms with Gasteiger partial charge in [0.25, 0.3) is 0 Å². The van der Waals surface area contributed by atoms with Crippen molar-refractivity contribution in [1.82, 2.24) is 29.9 Å². The summed E-state index contributed by atoms with van der Waals surface area (Å²) in [5.41, 5.74) is 0.969. The van der Waals surface area contributed by atoms with Gasteiger partial charge in [0.2, 0.25) is 5.95 Å². The molecule has 1 amide bonds. The Bertz CT molecular complexity index is 1270. The molecule has 15 heteroatoms. The Morgan fingerprint density at radius 2 is 2.11 bits per heavy atom. The van der Waals surface area contributed by atoms with E-state index < -0.39 is 37.4 Å². The Labute approximate surface area is 201 Å². The van der Waals surface area contributed by atoms with Crippen molar-refractivity contribution in [2.24, 2.45) is 0 Å². The van der Waals surface area contributed by atoms with E-state index in [2.05, 4.69) is 35.5 Å². The molecule has 3 aromatic rings. The van der Waals surface area contributed by atoms with Crippen LogP contribution >= 0.6 is 0 Å². The van der Waals surface area contributed by atoms with Gasteiger partial charge in [-0.3, -0.25) is 14.2 Å². The summed E-state index contributed by atoms with van der Waals surface area (Å²) in [5, 5.41) is 12.4. The number of rotatable bonds is 7. The maximum absolute atomic E-state index is 15.0. The molecule has 1 saturated carbocycles. The van der Waals surface area contributed by atoms with Crippen LogP contribution in [-0.4, -0.2) is 61.4 Å². The van der Waals surface area contributed by atoms with Gasteiger partial charge in [-0.25, -0.2) is 19.2 Å². The number of carbonyl (C=O) groups excluding carboxylic acids is 1. The number of hydrogen-bond donors (Lipinski definition) is 3. The summed E-state index contributed by atoms with van der Waals surface area (Å²) in [4.78, 5) is 20.5. The van der Waals surface area contributed by atoms with Crippen LogP contribution in [0.2, 0.25) is 0 Å². The highest BCUT2D eigenvalue weighted by Gasteiger charge is 2.44. The number of aromatic amines is 1. The molecule has 0 unspecified atom stereocenters. The number of halogens is 4. The molecule has 0 aromatic carbocycles. The molecule has 11 nitrogen and oxygen atoms in total. The first kappa shape index (κ1) is 24.2. The molecule has 0 radical (unpaired) electrons. The molecule has 1 saturated heterocycles. The van der Waals surface area contributed by atoms with Crippen molar-refractivity contribution >= 4 is 23.5 Å². The second kappa shape index (κ2) is 8.89. The van der Waals surface area contributed by atoms with Gasteiger partial charge in [0, 0.05) is 29.6 Å². The number of anilines is 2. The number of aromatic nitrogens is 5. The zero-order valence-electron chi connectivity index (χ0n) is 19.2. The highest BCUT2D eigenvalue weighted by molar-refractivity contribution is 5.69. The van der Waals surface area contributed by atoms with Crippen molar-refractivity contribution in [2.75, 3.05) is 11.9 Å². The van der Waals surface area contributed by atoms with E-state index in [4.69, 9.17) is 9.47 Å². The van der Waals surface area contributed by atoms with Crippen molar-refractivity contribution in [2.45, 2.75) is 63.6 Å². The molecule has 194 valence electrons. The molecule has 3 aromatic heterocycles. The number of amides is 1. The van der Waals surface area contributed by atoms with Gasteiger partial charge in [-0.15, -0.1) is 13.2 Å². The largest absolute Gasteiger partial charge is 0.522 e. The van der Waals surface area contributed by atoms with Gasteiger partial charge in [0.1, 0.15) is 11.8 Å². The Balaban J connectivity index is 1.26. The minimum Gasteiger partial charge on any atom is -0.441 e. The third-order valence-electron chi connectivity index (χ3n) is 5.91. The van der Waals surface area contributed by atoms with Gasteiger partial charge >= 0.3 is 12.5 Å². The minimum atomic E-state index is -4.78. The predicted octanol–water partition coefficient (Wildman–Crippen LogP) is 3.60. The van der Waals surface area contributed by atoms with Crippen LogP contribution < -0.4 is 10.6 Å². The fourth-order valence-corrected chi connectivity index (χ4v) is 3.79. The molecular weight excluding hydrogens is 490 g/mol. The third kappa shape index (κ3) is 5.36. The summed E-state index contributed by atoms with van der Waals surface area (Å²) in [6.45, 7) is 2.71. The lowest BCUT2D eigenvalue weighted by atomic mass is 10.1. The van der Waals surface area contributed by atoms with Crippen LogP contribution in [-0.2, 0) is 20.8 Å². The molecule has 0 bridgehead atoms. The molecule has 1 aliphatic heterocycles. The number of nitrogens with zero attached hydrogens (tertiary/aromatic N) is 4. The lowest BCUT2D eigenvalue weighted by molar-refractivity contribution is -0.330. The van der Waals surface area contributed by atoms with E-state index in [9.17, 15) is 22.4 Å². The topological polar surface area (TPSA) is 128 Å². The number of alkyl carbamates (subject to hydrolysis) is 1. The Morgan fingerprint density at radius 3 is 2.83 bits per heavy atom. The summed E-state index contributed by atoms with van der Waals surface area (Å²) >= 11 is 0. The fraction of sp³-hybridized carbons (Fsp3) is 0.524. The van der Waals surface area contributed by atoms with Gasteiger partial charge in [0.05, 0.1) is 24.6 Å². The Morgan fingerprint density at radius 1 is 1.33 bits per heavy atom. The maximum atomic E-state index is 15.0. The first-order valence-corrected chi connectivity index (χ1v) is 11.1. The standard InChI is InChI=1S/C21H23F4N7O4/c1-10-5-15-27-11(8-35-21(23,24)25)7-32(15)18(26-10)28-14-6-12(30-31-14)17-16(22)13(9-34-17)36-19(33)29-20(2)3-4-20/h5-7,13,16-17H,3-4,8-9H2,1-2H3,(H,29,33)(H2,26,28,30,31)/t13-,16-,17-/m1/s1. The van der Waals surface area contributed by atoms with E-state index in [-0.39, 0.29) is 29.6 Å². The number of H-pyrrole nitrogens is 1. The normalized spacial score (nSPS) is 23.1. The number of imidazole rings is 1. The second-order valence-corrected chi connectivity index (χ2v) is 9.08. The van der Waals surface area contributed by atoms with Gasteiger partial charge in [0.15, 0.2) is 18.1 Å². The van der Waals surface area contributed by atoms with Crippen LogP contribution in [0.1, 0.15) is 43.0 Å². The zero-order valence-corrected chi connectivity index (χ0v) is 19.2. The lowest BCUT2D eigenvalue weighted by Gasteiger charge is -2.17. The van der Waals surface area contributed by atoms with Gasteiger partial charge < -0.3 is 20.1 Å². The maximum Gasteiger partial charge on any atom is 0.522 e. The van der Waals surface area contributed by atoms with Crippen molar-refractivity contribution in [3.05, 3.63) is 35.4 Å². The number of aryl methyl sites for hydroxylation is 1. The number of alkyl halides is 4. The summed E-state index contributed by atoms with van der Waals surface area (Å²) in [7, 11) is 0. The van der Waals surface area contributed by atoms with Crippen LogP contribution in [0.5, 0.6) is 0 Å². The fourth-order valence-electron chi connectivity index (χ4n) is 3.79. The van der Waals surface area contributed by atoms with Gasteiger partial charge in [-0.1, -0.05) is 0 Å². The first-order chi connectivity index (χ1) is 17.0. The number of fused-ring (bicyclic) bond motifs is 1. The average Bonchev–Trinajstić information content (AvgIpc) is 3.12. The highest BCUT2D eigenvalue weighted by Crippen LogP contribution is 2.36. The molecule has 1 aliphatic carbocycles. The molecular formula is C21H23F4N7O4. The molecule has 2 aliphatic rings. The molecule has 4 heterocycles. The molecule has 0 spiro atoms. The van der Waals surface area contributed by atoms with E-state index in [1.807, 2.05) is 6.92 Å². The van der Waals surface area contributed by atoms with Crippen molar-refractivity contribution < 1.29 is 36.6 Å². The molecule has 2 fully saturated rings. The summed E-state index contributed by atoms with van der Waals surface area (Å²) in [6.07, 6.45) is -6.15. The molecule has 5 rings (SSSR count). The number of carbonyl (C=O) groups is 1. The van der Waals surface area contributed by atoms with E-state index in [0.29, 0.717) is 17.0 Å². The van der Waals surface area contributed by atoms with Crippen LogP contribution in [0, 0.1) is 6.92 Å². The average molecular weight is 513 g/mol. The SMILES string of the molecule is Cc1cc2nc(COC(F)(F)F)cn2c(Nc2cc([C@H]3OC[C@@H](OC(=O)NC4(C)CC4)[C@H]3F)[nH]n2)n1. The number of ether oxygens (including phenoxy) is 3. The van der Waals surface area contributed by atoms with E-state index >= 15 is 0 Å². The molecule has 36 heavy (non-hydrogen) atoms. The lowest BCUT2D eigenvalue weighted by Crippen LogP contribution is -2.39. The highest BCUT2D eigenvalue weighted by atomic mass is 19.4. The number of hydrogen-bond acceptors (Lipinski definition) is 8. The second-order valence-electron chi connectivity index (χ2n) is 9.08. The summed E-state index contributed by atoms with van der Waals surface area (Å²) in [6, 6.07) is 3.10. The quantitative estimate of drug-likeness (QED) is 0.409. The Hall–Kier alpha value is -3.46. The monoisotopic (exact) mass is 513 g/mol. The predicted molar refractivity (Wildman–Crippen MR) is 115 cm³/mol. The first-order valence-electron chi connectivity index (χ1n) is 11.1. The van der Waals surface area contributed by atoms with Gasteiger partial charge in [-0.2, -0.15) is 5.10 Å². The van der Waals surface area contributed by atoms with Crippen molar-refractivity contribution in [1.29, 1.82) is 0 Å². The summed E-state index contributed by atoms with van der Waals surface area (Å²) < 4.78 is 68.1. The van der Waals surface area contributed by atoms with Crippen LogP contribution in [0.25, 0.3) is 5.65 Å². The zero-order chi connectivity index (χ0) is 25.7. The van der Waals surface area contributed by atoms with E-state index in [1.165, 1.54) is 16.7 Å². The smallest absolute Gasteiger partial charge is 0.441 e. The van der Waals surface area contributed by atoms with E-state index in [1.54, 1.807) is 13.0 Å². The molecule has 3 atom stereocenters. The van der Waals surface area contributed by atoms with Crippen molar-refractivity contribution in [3.63, 3.8) is 0 Å². The van der Waals surface area contributed by atoms with Gasteiger partial charge in [-0.05, 0) is 26.7 Å². The Kier molecular flexibility index (Phi) is 5.98. The van der Waals surface area contributed by atoms with Crippen LogP contribution in [0.3, 0.4) is 0 Å². The minimum absolute atomic E-state index is 0.0517. The summed E-state index contributed by atoms with van der Waals surface area (Å²) in [5.74, 6) is 0.482. The molecule has 3 N–H and O–H groups in total. The third-order valence-corrected chi connectivity index (χ3v) is 5.91.